The van der Waals surface area contributed by atoms with Crippen molar-refractivity contribution in [3.8, 4) is 0 Å². The molecule has 1 amide bonds. The molecule has 3 N–H and O–H groups in total. The molecule has 0 saturated heterocycles. The molecule has 0 aliphatic heterocycles. The van der Waals surface area contributed by atoms with E-state index < -0.39 is 0 Å². The molecular weight excluding hydrogens is 222 g/mol. The second-order valence-electron chi connectivity index (χ2n) is 3.52. The summed E-state index contributed by atoms with van der Waals surface area (Å²) in [5.41, 5.74) is 5.92. The van der Waals surface area contributed by atoms with Gasteiger partial charge >= 0.3 is 0 Å². The number of amides is 1. The van der Waals surface area contributed by atoms with Crippen molar-refractivity contribution in [3.05, 3.63) is 23.7 Å². The minimum absolute atomic E-state index is 0.00161. The quantitative estimate of drug-likeness (QED) is 0.347. The van der Waals surface area contributed by atoms with Crippen molar-refractivity contribution in [2.24, 2.45) is 10.9 Å². The monoisotopic (exact) mass is 239 g/mol. The van der Waals surface area contributed by atoms with Gasteiger partial charge in [-0.3, -0.25) is 4.79 Å². The van der Waals surface area contributed by atoms with Crippen LogP contribution in [0.15, 0.2) is 21.9 Å². The molecule has 0 saturated carbocycles. The predicted molar refractivity (Wildman–Crippen MR) is 63.1 cm³/mol. The van der Waals surface area contributed by atoms with Crippen LogP contribution in [-0.4, -0.2) is 34.9 Å². The van der Waals surface area contributed by atoms with E-state index in [1.54, 1.807) is 6.07 Å². The van der Waals surface area contributed by atoms with Gasteiger partial charge < -0.3 is 20.3 Å². The van der Waals surface area contributed by atoms with Crippen molar-refractivity contribution < 1.29 is 14.4 Å². The molecule has 1 heterocycles. The summed E-state index contributed by atoms with van der Waals surface area (Å²) >= 11 is 0. The summed E-state index contributed by atoms with van der Waals surface area (Å²) in [6, 6.07) is 1.64. The van der Waals surface area contributed by atoms with E-state index in [2.05, 4.69) is 5.16 Å². The van der Waals surface area contributed by atoms with E-state index in [-0.39, 0.29) is 18.3 Å². The Morgan fingerprint density at radius 2 is 2.29 bits per heavy atom. The van der Waals surface area contributed by atoms with Gasteiger partial charge in [0.2, 0.25) is 0 Å². The molecule has 0 aliphatic carbocycles. The van der Waals surface area contributed by atoms with E-state index in [9.17, 15) is 4.79 Å². The molecule has 6 nitrogen and oxygen atoms in total. The minimum atomic E-state index is -0.176. The number of aryl methyl sites for hydroxylation is 1. The van der Waals surface area contributed by atoms with Crippen LogP contribution in [0.4, 0.5) is 0 Å². The summed E-state index contributed by atoms with van der Waals surface area (Å²) < 4.78 is 5.20. The van der Waals surface area contributed by atoms with Crippen molar-refractivity contribution >= 4 is 11.7 Å². The standard InChI is InChI=1S/C11H17N3O3/c1-3-9-8(5-6-17-9)11(15)14(4-2)7-10(12)13-16/h5-6,16H,3-4,7H2,1-2H3,(H2,12,13). The van der Waals surface area contributed by atoms with Gasteiger partial charge in [-0.1, -0.05) is 12.1 Å². The van der Waals surface area contributed by atoms with Gasteiger partial charge in [0.05, 0.1) is 18.4 Å². The Morgan fingerprint density at radius 1 is 1.59 bits per heavy atom. The Bertz CT molecular complexity index is 412. The summed E-state index contributed by atoms with van der Waals surface area (Å²) in [5, 5.41) is 11.4. The molecule has 1 rings (SSSR count). The van der Waals surface area contributed by atoms with Crippen molar-refractivity contribution in [3.63, 3.8) is 0 Å². The van der Waals surface area contributed by atoms with Gasteiger partial charge in [-0.2, -0.15) is 0 Å². The second-order valence-corrected chi connectivity index (χ2v) is 3.52. The maximum absolute atomic E-state index is 12.1. The van der Waals surface area contributed by atoms with E-state index in [1.165, 1.54) is 11.2 Å². The Morgan fingerprint density at radius 3 is 2.82 bits per heavy atom. The van der Waals surface area contributed by atoms with E-state index in [1.807, 2.05) is 13.8 Å². The van der Waals surface area contributed by atoms with Gasteiger partial charge in [-0.25, -0.2) is 0 Å². The first-order chi connectivity index (χ1) is 8.13. The Balaban J connectivity index is 2.86. The summed E-state index contributed by atoms with van der Waals surface area (Å²) in [5.74, 6) is 0.472. The van der Waals surface area contributed by atoms with Crippen molar-refractivity contribution in [1.82, 2.24) is 4.90 Å². The third kappa shape index (κ3) is 2.99. The smallest absolute Gasteiger partial charge is 0.257 e. The predicted octanol–water partition coefficient (Wildman–Crippen LogP) is 1.05. The van der Waals surface area contributed by atoms with E-state index in [4.69, 9.17) is 15.4 Å². The minimum Gasteiger partial charge on any atom is -0.469 e. The number of furan rings is 1. The maximum Gasteiger partial charge on any atom is 0.257 e. The first kappa shape index (κ1) is 13.1. The Hall–Kier alpha value is -1.98. The molecule has 0 bridgehead atoms. The zero-order valence-electron chi connectivity index (χ0n) is 10.0. The van der Waals surface area contributed by atoms with Crippen LogP contribution in [0.1, 0.15) is 30.0 Å². The van der Waals surface area contributed by atoms with Crippen molar-refractivity contribution in [2.75, 3.05) is 13.1 Å². The van der Waals surface area contributed by atoms with Gasteiger partial charge in [0.15, 0.2) is 5.84 Å². The fourth-order valence-electron chi connectivity index (χ4n) is 1.53. The SMILES string of the molecule is CCc1occc1C(=O)N(CC)C/C(N)=N/O. The van der Waals surface area contributed by atoms with Gasteiger partial charge in [0.1, 0.15) is 5.76 Å². The van der Waals surface area contributed by atoms with Crippen LogP contribution in [0.2, 0.25) is 0 Å². The molecule has 0 radical (unpaired) electrons. The highest BCUT2D eigenvalue weighted by Crippen LogP contribution is 2.13. The molecule has 0 atom stereocenters. The number of oxime groups is 1. The number of likely N-dealkylation sites (N-methyl/N-ethyl adjacent to an activating group) is 1. The molecule has 0 spiro atoms. The number of nitrogens with zero attached hydrogens (tertiary/aromatic N) is 2. The number of carbonyl (C=O) groups excluding carboxylic acids is 1. The van der Waals surface area contributed by atoms with E-state index in [0.29, 0.717) is 24.3 Å². The van der Waals surface area contributed by atoms with Gasteiger partial charge in [0, 0.05) is 13.0 Å². The fourth-order valence-corrected chi connectivity index (χ4v) is 1.53. The summed E-state index contributed by atoms with van der Waals surface area (Å²) in [6.07, 6.45) is 2.14. The molecule has 1 aromatic heterocycles. The van der Waals surface area contributed by atoms with Crippen LogP contribution in [0.5, 0.6) is 0 Å². The van der Waals surface area contributed by atoms with Crippen molar-refractivity contribution in [1.29, 1.82) is 0 Å². The average Bonchev–Trinajstić information content (AvgIpc) is 2.82. The summed E-state index contributed by atoms with van der Waals surface area (Å²) in [4.78, 5) is 13.6. The number of hydrogen-bond donors (Lipinski definition) is 2. The number of rotatable bonds is 5. The van der Waals surface area contributed by atoms with Crippen LogP contribution in [0, 0.1) is 0 Å². The Labute approximate surface area is 99.7 Å². The summed E-state index contributed by atoms with van der Waals surface area (Å²) in [6.45, 7) is 4.31. The second kappa shape index (κ2) is 5.93. The van der Waals surface area contributed by atoms with Gasteiger partial charge in [-0.15, -0.1) is 0 Å². The van der Waals surface area contributed by atoms with Crippen LogP contribution < -0.4 is 5.73 Å². The molecule has 1 aromatic rings. The lowest BCUT2D eigenvalue weighted by Gasteiger charge is -2.19. The fraction of sp³-hybridized carbons (Fsp3) is 0.455. The zero-order chi connectivity index (χ0) is 12.8. The molecule has 94 valence electrons. The highest BCUT2D eigenvalue weighted by Gasteiger charge is 2.19. The maximum atomic E-state index is 12.1. The molecular formula is C11H17N3O3. The molecule has 0 unspecified atom stereocenters. The zero-order valence-corrected chi connectivity index (χ0v) is 10.0. The molecule has 0 aliphatic rings. The highest BCUT2D eigenvalue weighted by molar-refractivity contribution is 5.97. The average molecular weight is 239 g/mol. The topological polar surface area (TPSA) is 92.1 Å². The third-order valence-corrected chi connectivity index (χ3v) is 2.45. The first-order valence-corrected chi connectivity index (χ1v) is 5.46. The number of amidine groups is 1. The van der Waals surface area contributed by atoms with Crippen LogP contribution in [-0.2, 0) is 6.42 Å². The van der Waals surface area contributed by atoms with Crippen LogP contribution in [0.25, 0.3) is 0 Å². The molecule has 0 aromatic carbocycles. The largest absolute Gasteiger partial charge is 0.469 e. The number of hydrogen-bond acceptors (Lipinski definition) is 4. The lowest BCUT2D eigenvalue weighted by molar-refractivity contribution is 0.0784. The number of carbonyl (C=O) groups is 1. The third-order valence-electron chi connectivity index (χ3n) is 2.45. The van der Waals surface area contributed by atoms with Crippen LogP contribution in [0.3, 0.4) is 0 Å². The molecule has 0 fully saturated rings. The lowest BCUT2D eigenvalue weighted by atomic mass is 10.2. The van der Waals surface area contributed by atoms with E-state index in [0.717, 1.165) is 0 Å². The van der Waals surface area contributed by atoms with Crippen LogP contribution >= 0.6 is 0 Å². The van der Waals surface area contributed by atoms with E-state index >= 15 is 0 Å². The Kier molecular flexibility index (Phi) is 4.56. The number of nitrogens with two attached hydrogens (primary N) is 1. The van der Waals surface area contributed by atoms with Gasteiger partial charge in [0.25, 0.3) is 5.91 Å². The van der Waals surface area contributed by atoms with Crippen molar-refractivity contribution in [2.45, 2.75) is 20.3 Å². The molecule has 6 heteroatoms. The lowest BCUT2D eigenvalue weighted by Crippen LogP contribution is -2.38. The summed E-state index contributed by atoms with van der Waals surface area (Å²) in [7, 11) is 0. The molecule has 17 heavy (non-hydrogen) atoms. The highest BCUT2D eigenvalue weighted by atomic mass is 16.4. The first-order valence-electron chi connectivity index (χ1n) is 5.46. The van der Waals surface area contributed by atoms with Gasteiger partial charge in [-0.05, 0) is 13.0 Å². The normalized spacial score (nSPS) is 11.5.